The molecule has 11 aromatic carbocycles. The molecule has 0 radical (unpaired) electrons. The van der Waals surface area contributed by atoms with Crippen molar-refractivity contribution in [2.45, 2.75) is 12.8 Å². The number of aromatic nitrogens is 5. The SMILES string of the molecule is c1ccc(-n2c3c(c4ccccc42)CCc2c-3n(-c3ccc(-c4ccc(-n5c6ccccc6c6c7c(c8ccccc8n7-c7ccccc7)c7c(c8ccccc8n7-c7ccccc7)c65)cc4)cc3)c3ccccc23)cc1. The number of rotatable bonds is 6. The molecule has 0 spiro atoms. The fourth-order valence-electron chi connectivity index (χ4n) is 13.7. The summed E-state index contributed by atoms with van der Waals surface area (Å²) in [7, 11) is 0. The van der Waals surface area contributed by atoms with Gasteiger partial charge in [0.15, 0.2) is 0 Å². The molecule has 0 saturated heterocycles. The van der Waals surface area contributed by atoms with E-state index in [4.69, 9.17) is 0 Å². The quantitative estimate of drug-likeness (QED) is 0.159. The van der Waals surface area contributed by atoms with Gasteiger partial charge in [-0.25, -0.2) is 0 Å². The lowest BCUT2D eigenvalue weighted by atomic mass is 9.92. The Morgan fingerprint density at radius 3 is 0.792 bits per heavy atom. The molecule has 0 N–H and O–H groups in total. The lowest BCUT2D eigenvalue weighted by Gasteiger charge is -2.21. The predicted molar refractivity (Wildman–Crippen MR) is 321 cm³/mol. The maximum Gasteiger partial charge on any atom is 0.0744 e. The molecule has 16 aromatic rings. The van der Waals surface area contributed by atoms with Crippen LogP contribution in [0.25, 0.3) is 138 Å². The molecule has 1 aliphatic carbocycles. The zero-order chi connectivity index (χ0) is 50.3. The maximum absolute atomic E-state index is 2.54. The Hall–Kier alpha value is -10.1. The van der Waals surface area contributed by atoms with Gasteiger partial charge in [-0.1, -0.05) is 170 Å². The summed E-state index contributed by atoms with van der Waals surface area (Å²) < 4.78 is 12.6. The molecular formula is C72H47N5. The summed E-state index contributed by atoms with van der Waals surface area (Å²) in [5.74, 6) is 0. The molecule has 0 saturated carbocycles. The minimum Gasteiger partial charge on any atom is -0.308 e. The van der Waals surface area contributed by atoms with E-state index in [-0.39, 0.29) is 0 Å². The molecule has 0 atom stereocenters. The number of para-hydroxylation sites is 8. The first-order valence-corrected chi connectivity index (χ1v) is 26.8. The Kier molecular flexibility index (Phi) is 8.89. The Morgan fingerprint density at radius 1 is 0.208 bits per heavy atom. The smallest absolute Gasteiger partial charge is 0.0744 e. The van der Waals surface area contributed by atoms with Crippen molar-refractivity contribution < 1.29 is 0 Å². The monoisotopic (exact) mass is 981 g/mol. The molecule has 0 amide bonds. The van der Waals surface area contributed by atoms with Crippen molar-refractivity contribution in [2.75, 3.05) is 0 Å². The van der Waals surface area contributed by atoms with Crippen LogP contribution in [-0.2, 0) is 12.8 Å². The molecule has 1 aliphatic rings. The highest BCUT2D eigenvalue weighted by molar-refractivity contribution is 6.40. The molecule has 17 rings (SSSR count). The maximum atomic E-state index is 2.54. The van der Waals surface area contributed by atoms with Crippen LogP contribution in [0, 0.1) is 0 Å². The van der Waals surface area contributed by atoms with Crippen molar-refractivity contribution in [2.24, 2.45) is 0 Å². The summed E-state index contributed by atoms with van der Waals surface area (Å²) in [6, 6.07) is 96.2. The zero-order valence-electron chi connectivity index (χ0n) is 42.0. The standard InChI is InChI=1S/C72H47N5/c1-4-20-48(21-5-1)73-60-31-15-10-26-53(60)55-44-45-56-54-27-11-16-32-61(54)74(69(56)68(55)73)51-40-36-46(37-41-51)47-38-42-52(43-39-47)77-64-35-19-14-30-59(64)67-71-65(57-28-12-17-33-62(57)75(71)49-22-6-2-7-23-49)70-66(72(67)77)58-29-13-18-34-63(58)76(70)50-24-8-3-9-25-50/h1-43H,44-45H2. The second-order valence-electron chi connectivity index (χ2n) is 20.7. The van der Waals surface area contributed by atoms with Crippen molar-refractivity contribution in [3.8, 4) is 51.0 Å². The van der Waals surface area contributed by atoms with Gasteiger partial charge in [-0.15, -0.1) is 0 Å². The summed E-state index contributed by atoms with van der Waals surface area (Å²) in [5.41, 5.74) is 23.2. The fraction of sp³-hybridized carbons (Fsp3) is 0.0278. The summed E-state index contributed by atoms with van der Waals surface area (Å²) in [4.78, 5) is 0. The van der Waals surface area contributed by atoms with E-state index >= 15 is 0 Å². The Bertz CT molecular complexity index is 4980. The summed E-state index contributed by atoms with van der Waals surface area (Å²) in [6.07, 6.45) is 2.00. The second-order valence-corrected chi connectivity index (χ2v) is 20.7. The molecule has 77 heavy (non-hydrogen) atoms. The molecule has 0 aliphatic heterocycles. The number of fused-ring (bicyclic) bond motifs is 19. The first-order valence-electron chi connectivity index (χ1n) is 26.8. The lowest BCUT2D eigenvalue weighted by molar-refractivity contribution is 0.921. The van der Waals surface area contributed by atoms with Crippen LogP contribution in [-0.4, -0.2) is 22.8 Å². The highest BCUT2D eigenvalue weighted by Crippen LogP contribution is 2.51. The number of aryl methyl sites for hydroxylation is 2. The molecule has 5 aromatic heterocycles. The van der Waals surface area contributed by atoms with E-state index in [0.29, 0.717) is 0 Å². The van der Waals surface area contributed by atoms with Crippen molar-refractivity contribution in [1.82, 2.24) is 22.8 Å². The summed E-state index contributed by atoms with van der Waals surface area (Å²) >= 11 is 0. The van der Waals surface area contributed by atoms with E-state index in [0.717, 1.165) is 35.6 Å². The van der Waals surface area contributed by atoms with E-state index in [2.05, 4.69) is 284 Å². The third-order valence-electron chi connectivity index (χ3n) is 16.8. The number of hydrogen-bond acceptors (Lipinski definition) is 0. The van der Waals surface area contributed by atoms with Gasteiger partial charge in [0.25, 0.3) is 0 Å². The second kappa shape index (κ2) is 16.2. The van der Waals surface area contributed by atoms with Gasteiger partial charge in [0.2, 0.25) is 0 Å². The van der Waals surface area contributed by atoms with Gasteiger partial charge in [-0.2, -0.15) is 0 Å². The van der Waals surface area contributed by atoms with E-state index in [1.165, 1.54) is 127 Å². The Morgan fingerprint density at radius 2 is 0.455 bits per heavy atom. The average Bonchev–Trinajstić information content (AvgIpc) is 4.33. The van der Waals surface area contributed by atoms with Gasteiger partial charge >= 0.3 is 0 Å². The molecule has 0 unspecified atom stereocenters. The minimum atomic E-state index is 0.997. The van der Waals surface area contributed by atoms with Gasteiger partial charge in [-0.3, -0.25) is 0 Å². The normalized spacial score (nSPS) is 12.6. The van der Waals surface area contributed by atoms with Crippen LogP contribution >= 0.6 is 0 Å². The van der Waals surface area contributed by atoms with Crippen molar-refractivity contribution >= 4 is 87.2 Å². The van der Waals surface area contributed by atoms with Crippen LogP contribution < -0.4 is 0 Å². The molecule has 0 bridgehead atoms. The van der Waals surface area contributed by atoms with Crippen LogP contribution in [0.3, 0.4) is 0 Å². The van der Waals surface area contributed by atoms with E-state index in [9.17, 15) is 0 Å². The average molecular weight is 982 g/mol. The van der Waals surface area contributed by atoms with Gasteiger partial charge in [0, 0.05) is 71.5 Å². The molecule has 0 fully saturated rings. The third-order valence-corrected chi connectivity index (χ3v) is 16.8. The molecule has 5 nitrogen and oxygen atoms in total. The predicted octanol–water partition coefficient (Wildman–Crippen LogP) is 18.3. The number of nitrogens with zero attached hydrogens (tertiary/aromatic N) is 5. The van der Waals surface area contributed by atoms with Gasteiger partial charge in [0.05, 0.1) is 55.5 Å². The van der Waals surface area contributed by atoms with Crippen LogP contribution in [0.1, 0.15) is 11.1 Å². The van der Waals surface area contributed by atoms with Gasteiger partial charge < -0.3 is 22.8 Å². The number of benzene rings is 11. The van der Waals surface area contributed by atoms with E-state index in [1.54, 1.807) is 0 Å². The summed E-state index contributed by atoms with van der Waals surface area (Å²) in [5, 5.41) is 10.1. The highest BCUT2D eigenvalue weighted by Gasteiger charge is 2.32. The van der Waals surface area contributed by atoms with Crippen molar-refractivity contribution in [3.63, 3.8) is 0 Å². The van der Waals surface area contributed by atoms with Gasteiger partial charge in [-0.05, 0) is 126 Å². The minimum absolute atomic E-state index is 0.997. The molecular weight excluding hydrogens is 935 g/mol. The van der Waals surface area contributed by atoms with Crippen LogP contribution in [0.2, 0.25) is 0 Å². The first kappa shape index (κ1) is 42.3. The van der Waals surface area contributed by atoms with Crippen molar-refractivity contribution in [1.29, 1.82) is 0 Å². The molecule has 360 valence electrons. The van der Waals surface area contributed by atoms with Crippen LogP contribution in [0.15, 0.2) is 261 Å². The largest absolute Gasteiger partial charge is 0.308 e. The van der Waals surface area contributed by atoms with Crippen molar-refractivity contribution in [3.05, 3.63) is 272 Å². The Labute approximate surface area is 443 Å². The highest BCUT2D eigenvalue weighted by atomic mass is 15.1. The van der Waals surface area contributed by atoms with Crippen LogP contribution in [0.4, 0.5) is 0 Å². The molecule has 5 heteroatoms. The first-order chi connectivity index (χ1) is 38.3. The fourth-order valence-corrected chi connectivity index (χ4v) is 13.7. The number of hydrogen-bond donors (Lipinski definition) is 0. The lowest BCUT2D eigenvalue weighted by Crippen LogP contribution is -2.09. The Balaban J connectivity index is 0.876. The van der Waals surface area contributed by atoms with E-state index in [1.807, 2.05) is 0 Å². The van der Waals surface area contributed by atoms with Gasteiger partial charge in [0.1, 0.15) is 0 Å². The summed E-state index contributed by atoms with van der Waals surface area (Å²) in [6.45, 7) is 0. The third kappa shape index (κ3) is 5.88. The van der Waals surface area contributed by atoms with E-state index < -0.39 is 0 Å². The molecule has 5 heterocycles. The zero-order valence-corrected chi connectivity index (χ0v) is 42.0. The topological polar surface area (TPSA) is 24.6 Å². The van der Waals surface area contributed by atoms with Crippen LogP contribution in [0.5, 0.6) is 0 Å².